The minimum absolute atomic E-state index is 0.353. The van der Waals surface area contributed by atoms with Crippen LogP contribution in [0.2, 0.25) is 0 Å². The molecule has 0 spiro atoms. The van der Waals surface area contributed by atoms with Crippen LogP contribution in [0, 0.1) is 5.92 Å². The second-order valence-corrected chi connectivity index (χ2v) is 7.27. The first kappa shape index (κ1) is 17.2. The summed E-state index contributed by atoms with van der Waals surface area (Å²) in [6.45, 7) is 11.0. The van der Waals surface area contributed by atoms with E-state index in [1.54, 1.807) is 0 Å². The Labute approximate surface area is 131 Å². The molecule has 1 aliphatic carbocycles. The van der Waals surface area contributed by atoms with E-state index in [-0.39, 0.29) is 0 Å². The first-order valence-electron chi connectivity index (χ1n) is 9.29. The zero-order chi connectivity index (χ0) is 15.1. The number of rotatable bonds is 7. The Hall–Kier alpha value is -0.120. The van der Waals surface area contributed by atoms with E-state index in [4.69, 9.17) is 4.74 Å². The Bertz CT molecular complexity index is 276. The van der Waals surface area contributed by atoms with Crippen LogP contribution in [0.25, 0.3) is 0 Å². The van der Waals surface area contributed by atoms with Gasteiger partial charge in [-0.1, -0.05) is 32.6 Å². The normalized spacial score (nSPS) is 29.1. The van der Waals surface area contributed by atoms with Crippen molar-refractivity contribution >= 4 is 0 Å². The third-order valence-electron chi connectivity index (χ3n) is 5.23. The molecule has 0 aromatic heterocycles. The maximum Gasteiger partial charge on any atom is 0.0597 e. The van der Waals surface area contributed by atoms with Gasteiger partial charge in [0.05, 0.1) is 12.7 Å². The number of ether oxygens (including phenoxy) is 1. The molecule has 1 N–H and O–H groups in total. The average Bonchev–Trinajstić information content (AvgIpc) is 2.49. The highest BCUT2D eigenvalue weighted by Crippen LogP contribution is 2.28. The standard InChI is InChI=1S/C18H36N2O/c1-4-8-17-13-19-18(16-9-6-5-7-10-16)14-20(17)11-12-21-15(2)3/h15-19H,4-14H2,1-3H3. The van der Waals surface area contributed by atoms with E-state index in [0.717, 1.165) is 25.1 Å². The van der Waals surface area contributed by atoms with Gasteiger partial charge in [0.15, 0.2) is 0 Å². The summed E-state index contributed by atoms with van der Waals surface area (Å²) in [5.74, 6) is 0.912. The summed E-state index contributed by atoms with van der Waals surface area (Å²) in [6.07, 6.45) is 10.2. The van der Waals surface area contributed by atoms with Crippen molar-refractivity contribution < 1.29 is 4.74 Å². The number of piperazine rings is 1. The average molecular weight is 296 g/mol. The Morgan fingerprint density at radius 1 is 1.19 bits per heavy atom. The summed E-state index contributed by atoms with van der Waals surface area (Å²) in [4.78, 5) is 2.71. The Kier molecular flexibility index (Phi) is 7.48. The largest absolute Gasteiger partial charge is 0.377 e. The van der Waals surface area contributed by atoms with Gasteiger partial charge < -0.3 is 10.1 Å². The van der Waals surface area contributed by atoms with E-state index >= 15 is 0 Å². The molecule has 1 saturated heterocycles. The molecular formula is C18H36N2O. The molecular weight excluding hydrogens is 260 g/mol. The van der Waals surface area contributed by atoms with E-state index in [9.17, 15) is 0 Å². The molecule has 2 rings (SSSR count). The highest BCUT2D eigenvalue weighted by Gasteiger charge is 2.32. The zero-order valence-electron chi connectivity index (χ0n) is 14.4. The zero-order valence-corrected chi connectivity index (χ0v) is 14.4. The van der Waals surface area contributed by atoms with Crippen molar-refractivity contribution in [3.8, 4) is 0 Å². The third-order valence-corrected chi connectivity index (χ3v) is 5.23. The van der Waals surface area contributed by atoms with Gasteiger partial charge in [-0.3, -0.25) is 4.90 Å². The highest BCUT2D eigenvalue weighted by molar-refractivity contribution is 4.90. The molecule has 0 amide bonds. The lowest BCUT2D eigenvalue weighted by Crippen LogP contribution is -2.59. The van der Waals surface area contributed by atoms with Gasteiger partial charge >= 0.3 is 0 Å². The highest BCUT2D eigenvalue weighted by atomic mass is 16.5. The molecule has 0 bridgehead atoms. The molecule has 124 valence electrons. The lowest BCUT2D eigenvalue weighted by atomic mass is 9.82. The molecule has 21 heavy (non-hydrogen) atoms. The van der Waals surface area contributed by atoms with Crippen molar-refractivity contribution in [3.63, 3.8) is 0 Å². The molecule has 0 radical (unpaired) electrons. The van der Waals surface area contributed by atoms with E-state index < -0.39 is 0 Å². The number of nitrogens with one attached hydrogen (secondary N) is 1. The molecule has 0 aromatic carbocycles. The fourth-order valence-electron chi connectivity index (χ4n) is 4.03. The summed E-state index contributed by atoms with van der Waals surface area (Å²) in [5, 5.41) is 3.87. The van der Waals surface area contributed by atoms with E-state index in [1.807, 2.05) is 0 Å². The maximum atomic E-state index is 5.79. The summed E-state index contributed by atoms with van der Waals surface area (Å²) < 4.78 is 5.79. The first-order valence-corrected chi connectivity index (χ1v) is 9.29. The summed E-state index contributed by atoms with van der Waals surface area (Å²) in [7, 11) is 0. The number of hydrogen-bond donors (Lipinski definition) is 1. The molecule has 3 heteroatoms. The predicted molar refractivity (Wildman–Crippen MR) is 89.7 cm³/mol. The van der Waals surface area contributed by atoms with Crippen molar-refractivity contribution in [2.24, 2.45) is 5.92 Å². The summed E-state index contributed by atoms with van der Waals surface area (Å²) in [6, 6.07) is 1.43. The van der Waals surface area contributed by atoms with Gasteiger partial charge in [-0.15, -0.1) is 0 Å². The van der Waals surface area contributed by atoms with Crippen LogP contribution < -0.4 is 5.32 Å². The van der Waals surface area contributed by atoms with Crippen LogP contribution >= 0.6 is 0 Å². The molecule has 2 atom stereocenters. The van der Waals surface area contributed by atoms with Gasteiger partial charge in [-0.05, 0) is 39.0 Å². The minimum Gasteiger partial charge on any atom is -0.377 e. The van der Waals surface area contributed by atoms with Gasteiger partial charge in [0.1, 0.15) is 0 Å². The Morgan fingerprint density at radius 2 is 1.95 bits per heavy atom. The van der Waals surface area contributed by atoms with Crippen molar-refractivity contribution in [3.05, 3.63) is 0 Å². The fourth-order valence-corrected chi connectivity index (χ4v) is 4.03. The van der Waals surface area contributed by atoms with Crippen LogP contribution in [0.4, 0.5) is 0 Å². The molecule has 1 aliphatic heterocycles. The lowest BCUT2D eigenvalue weighted by molar-refractivity contribution is 0.0271. The topological polar surface area (TPSA) is 24.5 Å². The van der Waals surface area contributed by atoms with Crippen LogP contribution in [0.3, 0.4) is 0 Å². The van der Waals surface area contributed by atoms with E-state index in [1.165, 1.54) is 58.0 Å². The molecule has 1 heterocycles. The van der Waals surface area contributed by atoms with Crippen LogP contribution in [-0.4, -0.2) is 49.3 Å². The minimum atomic E-state index is 0.353. The summed E-state index contributed by atoms with van der Waals surface area (Å²) in [5.41, 5.74) is 0. The van der Waals surface area contributed by atoms with Crippen LogP contribution in [0.1, 0.15) is 65.7 Å². The van der Waals surface area contributed by atoms with Crippen LogP contribution in [-0.2, 0) is 4.74 Å². The fraction of sp³-hybridized carbons (Fsp3) is 1.00. The molecule has 2 aliphatic rings. The maximum absolute atomic E-state index is 5.79. The van der Waals surface area contributed by atoms with Crippen LogP contribution in [0.5, 0.6) is 0 Å². The Morgan fingerprint density at radius 3 is 2.62 bits per heavy atom. The second kappa shape index (κ2) is 9.12. The Balaban J connectivity index is 1.84. The monoisotopic (exact) mass is 296 g/mol. The van der Waals surface area contributed by atoms with Crippen molar-refractivity contribution in [2.75, 3.05) is 26.2 Å². The molecule has 3 nitrogen and oxygen atoms in total. The second-order valence-electron chi connectivity index (χ2n) is 7.27. The van der Waals surface area contributed by atoms with Crippen molar-refractivity contribution in [2.45, 2.75) is 83.9 Å². The number of hydrogen-bond acceptors (Lipinski definition) is 3. The van der Waals surface area contributed by atoms with Crippen molar-refractivity contribution in [1.29, 1.82) is 0 Å². The van der Waals surface area contributed by atoms with Gasteiger partial charge in [-0.25, -0.2) is 0 Å². The third kappa shape index (κ3) is 5.54. The van der Waals surface area contributed by atoms with Crippen LogP contribution in [0.15, 0.2) is 0 Å². The van der Waals surface area contributed by atoms with E-state index in [2.05, 4.69) is 31.0 Å². The van der Waals surface area contributed by atoms with Gasteiger partial charge in [0, 0.05) is 31.7 Å². The predicted octanol–water partition coefficient (Wildman–Crippen LogP) is 3.43. The first-order chi connectivity index (χ1) is 10.2. The molecule has 2 fully saturated rings. The summed E-state index contributed by atoms with van der Waals surface area (Å²) >= 11 is 0. The quantitative estimate of drug-likeness (QED) is 0.779. The van der Waals surface area contributed by atoms with Gasteiger partial charge in [-0.2, -0.15) is 0 Å². The molecule has 0 aromatic rings. The molecule has 2 unspecified atom stereocenters. The van der Waals surface area contributed by atoms with E-state index in [0.29, 0.717) is 12.1 Å². The number of nitrogens with zero attached hydrogens (tertiary/aromatic N) is 1. The van der Waals surface area contributed by atoms with Gasteiger partial charge in [0.2, 0.25) is 0 Å². The van der Waals surface area contributed by atoms with Crippen molar-refractivity contribution in [1.82, 2.24) is 10.2 Å². The lowest BCUT2D eigenvalue weighted by Gasteiger charge is -2.44. The molecule has 1 saturated carbocycles. The van der Waals surface area contributed by atoms with Gasteiger partial charge in [0.25, 0.3) is 0 Å². The SMILES string of the molecule is CCCC1CNC(C2CCCCC2)CN1CCOC(C)C. The smallest absolute Gasteiger partial charge is 0.0597 e.